The average Bonchev–Trinajstić information content (AvgIpc) is 2.55. The van der Waals surface area contributed by atoms with Crippen LogP contribution in [0.5, 0.6) is 0 Å². The summed E-state index contributed by atoms with van der Waals surface area (Å²) >= 11 is 3.17. The van der Waals surface area contributed by atoms with Gasteiger partial charge in [-0.3, -0.25) is 0 Å². The average molecular weight is 326 g/mol. The first-order valence-electron chi connectivity index (χ1n) is 4.88. The highest BCUT2D eigenvalue weighted by Crippen LogP contribution is 2.29. The summed E-state index contributed by atoms with van der Waals surface area (Å²) in [5.74, 6) is -4.37. The van der Waals surface area contributed by atoms with E-state index in [1.807, 2.05) is 0 Å². The number of halogens is 5. The zero-order chi connectivity index (χ0) is 13.5. The lowest BCUT2D eigenvalue weighted by molar-refractivity contribution is -0.136. The summed E-state index contributed by atoms with van der Waals surface area (Å²) in [4.78, 5) is 3.84. The smallest absolute Gasteiger partial charge is 0.324 e. The highest BCUT2D eigenvalue weighted by Gasteiger charge is 2.41. The molecule has 0 aliphatic rings. The summed E-state index contributed by atoms with van der Waals surface area (Å²) in [6, 6.07) is 4.72. The predicted molar refractivity (Wildman–Crippen MR) is 62.8 cm³/mol. The van der Waals surface area contributed by atoms with E-state index in [2.05, 4.69) is 20.9 Å². The van der Waals surface area contributed by atoms with Crippen molar-refractivity contribution in [2.24, 2.45) is 0 Å². The first kappa shape index (κ1) is 13.1. The van der Waals surface area contributed by atoms with Gasteiger partial charge in [-0.2, -0.15) is 8.78 Å². The first-order chi connectivity index (χ1) is 8.31. The number of imidazole rings is 1. The minimum atomic E-state index is -4.15. The molecule has 1 aromatic carbocycles. The zero-order valence-corrected chi connectivity index (χ0v) is 10.5. The molecule has 2 N–H and O–H groups in total. The molecule has 0 aliphatic heterocycles. The molecule has 0 bridgehead atoms. The number of nitrogens with two attached hydrogens (primary N) is 1. The van der Waals surface area contributed by atoms with E-state index in [-0.39, 0.29) is 11.5 Å². The van der Waals surface area contributed by atoms with Crippen LogP contribution in [0.3, 0.4) is 0 Å². The van der Waals surface area contributed by atoms with Gasteiger partial charge in [-0.25, -0.2) is 13.8 Å². The molecule has 1 aromatic heterocycles. The normalized spacial score (nSPS) is 12.6. The van der Waals surface area contributed by atoms with Gasteiger partial charge in [0.15, 0.2) is 0 Å². The van der Waals surface area contributed by atoms with Crippen LogP contribution >= 0.6 is 15.9 Å². The van der Waals surface area contributed by atoms with Gasteiger partial charge < -0.3 is 10.3 Å². The molecule has 0 aliphatic carbocycles. The van der Waals surface area contributed by atoms with Crippen LogP contribution in [0.25, 0.3) is 11.0 Å². The minimum Gasteiger partial charge on any atom is -0.369 e. The van der Waals surface area contributed by atoms with Crippen molar-refractivity contribution in [1.29, 1.82) is 0 Å². The van der Waals surface area contributed by atoms with Gasteiger partial charge in [-0.05, 0) is 18.2 Å². The molecule has 0 atom stereocenters. The molecule has 8 heteroatoms. The SMILES string of the molecule is Nc1nc2ccc(Br)cc2n1CC(F)(F)C(F)F. The Kier molecular flexibility index (Phi) is 3.22. The number of nitrogens with zero attached hydrogens (tertiary/aromatic N) is 2. The number of anilines is 1. The largest absolute Gasteiger partial charge is 0.369 e. The van der Waals surface area contributed by atoms with E-state index in [0.29, 0.717) is 9.99 Å². The molecule has 3 nitrogen and oxygen atoms in total. The summed E-state index contributed by atoms with van der Waals surface area (Å²) in [5, 5.41) is 0. The molecule has 2 rings (SSSR count). The number of aromatic nitrogens is 2. The number of benzene rings is 1. The van der Waals surface area contributed by atoms with Crippen LogP contribution in [-0.4, -0.2) is 21.9 Å². The Morgan fingerprint density at radius 1 is 1.39 bits per heavy atom. The summed E-state index contributed by atoms with van der Waals surface area (Å²) in [6.45, 7) is -1.20. The van der Waals surface area contributed by atoms with E-state index in [1.165, 1.54) is 6.07 Å². The van der Waals surface area contributed by atoms with E-state index in [0.717, 1.165) is 4.57 Å². The summed E-state index contributed by atoms with van der Waals surface area (Å²) in [6.07, 6.45) is -3.75. The molecular weight excluding hydrogens is 318 g/mol. The Morgan fingerprint density at radius 2 is 2.06 bits per heavy atom. The molecule has 0 amide bonds. The zero-order valence-electron chi connectivity index (χ0n) is 8.88. The van der Waals surface area contributed by atoms with Crippen molar-refractivity contribution in [2.75, 3.05) is 5.73 Å². The first-order valence-corrected chi connectivity index (χ1v) is 5.68. The van der Waals surface area contributed by atoms with Crippen molar-refractivity contribution in [3.05, 3.63) is 22.7 Å². The summed E-state index contributed by atoms with van der Waals surface area (Å²) < 4.78 is 52.0. The summed E-state index contributed by atoms with van der Waals surface area (Å²) in [5.41, 5.74) is 6.12. The maximum absolute atomic E-state index is 13.1. The van der Waals surface area contributed by atoms with Crippen LogP contribution < -0.4 is 5.73 Å². The van der Waals surface area contributed by atoms with E-state index in [4.69, 9.17) is 5.73 Å². The van der Waals surface area contributed by atoms with E-state index < -0.39 is 18.9 Å². The van der Waals surface area contributed by atoms with Crippen molar-refractivity contribution in [1.82, 2.24) is 9.55 Å². The second-order valence-corrected chi connectivity index (χ2v) is 4.67. The third-order valence-corrected chi connectivity index (χ3v) is 2.92. The van der Waals surface area contributed by atoms with Crippen molar-refractivity contribution in [3.63, 3.8) is 0 Å². The van der Waals surface area contributed by atoms with Gasteiger partial charge in [0.05, 0.1) is 17.6 Å². The van der Waals surface area contributed by atoms with Crippen molar-refractivity contribution >= 4 is 32.9 Å². The maximum atomic E-state index is 13.1. The Labute approximate surface area is 108 Å². The van der Waals surface area contributed by atoms with Crippen LogP contribution in [-0.2, 0) is 6.54 Å². The Hall–Kier alpha value is -1.31. The van der Waals surface area contributed by atoms with Crippen LogP contribution in [0.4, 0.5) is 23.5 Å². The van der Waals surface area contributed by atoms with Gasteiger partial charge in [0.1, 0.15) is 0 Å². The lowest BCUT2D eigenvalue weighted by Gasteiger charge is -2.17. The van der Waals surface area contributed by atoms with Gasteiger partial charge in [0.2, 0.25) is 5.95 Å². The maximum Gasteiger partial charge on any atom is 0.324 e. The minimum absolute atomic E-state index is 0.219. The van der Waals surface area contributed by atoms with Crippen molar-refractivity contribution < 1.29 is 17.6 Å². The highest BCUT2D eigenvalue weighted by atomic mass is 79.9. The quantitative estimate of drug-likeness (QED) is 0.880. The second-order valence-electron chi connectivity index (χ2n) is 3.75. The number of fused-ring (bicyclic) bond motifs is 1. The van der Waals surface area contributed by atoms with E-state index in [9.17, 15) is 17.6 Å². The van der Waals surface area contributed by atoms with E-state index in [1.54, 1.807) is 12.1 Å². The number of hydrogen-bond acceptors (Lipinski definition) is 2. The van der Waals surface area contributed by atoms with Crippen molar-refractivity contribution in [3.8, 4) is 0 Å². The molecule has 0 unspecified atom stereocenters. The molecule has 0 spiro atoms. The van der Waals surface area contributed by atoms with Crippen molar-refractivity contribution in [2.45, 2.75) is 18.9 Å². The van der Waals surface area contributed by atoms with Gasteiger partial charge in [0, 0.05) is 4.47 Å². The summed E-state index contributed by atoms with van der Waals surface area (Å²) in [7, 11) is 0. The van der Waals surface area contributed by atoms with Gasteiger partial charge >= 0.3 is 12.3 Å². The van der Waals surface area contributed by atoms with Crippen LogP contribution in [0.1, 0.15) is 0 Å². The molecular formula is C10H8BrF4N3. The number of rotatable bonds is 3. The predicted octanol–water partition coefficient (Wildman–Crippen LogP) is 3.28. The van der Waals surface area contributed by atoms with Gasteiger partial charge in [-0.1, -0.05) is 15.9 Å². The Bertz CT molecular complexity index is 582. The molecule has 18 heavy (non-hydrogen) atoms. The molecule has 1 heterocycles. The van der Waals surface area contributed by atoms with Crippen LogP contribution in [0.15, 0.2) is 22.7 Å². The van der Waals surface area contributed by atoms with Crippen LogP contribution in [0.2, 0.25) is 0 Å². The standard InChI is InChI=1S/C10H8BrF4N3/c11-5-1-2-6-7(3-5)18(9(16)17-6)4-10(14,15)8(12)13/h1-3,8H,4H2,(H2,16,17). The fourth-order valence-electron chi connectivity index (χ4n) is 1.56. The monoisotopic (exact) mass is 325 g/mol. The van der Waals surface area contributed by atoms with Gasteiger partial charge in [-0.15, -0.1) is 0 Å². The number of hydrogen-bond donors (Lipinski definition) is 1. The fourth-order valence-corrected chi connectivity index (χ4v) is 1.91. The number of nitrogen functional groups attached to an aromatic ring is 1. The number of alkyl halides is 4. The lowest BCUT2D eigenvalue weighted by Crippen LogP contribution is -2.32. The molecule has 0 fully saturated rings. The fraction of sp³-hybridized carbons (Fsp3) is 0.300. The Balaban J connectivity index is 2.50. The lowest BCUT2D eigenvalue weighted by atomic mass is 10.3. The van der Waals surface area contributed by atoms with E-state index >= 15 is 0 Å². The second kappa shape index (κ2) is 4.42. The molecule has 0 saturated carbocycles. The Morgan fingerprint density at radius 3 is 2.67 bits per heavy atom. The highest BCUT2D eigenvalue weighted by molar-refractivity contribution is 9.10. The molecule has 98 valence electrons. The molecule has 2 aromatic rings. The third kappa shape index (κ3) is 2.29. The third-order valence-electron chi connectivity index (χ3n) is 2.43. The topological polar surface area (TPSA) is 43.8 Å². The molecule has 0 saturated heterocycles. The van der Waals surface area contributed by atoms with Crippen LogP contribution in [0, 0.1) is 0 Å². The molecule has 0 radical (unpaired) electrons. The van der Waals surface area contributed by atoms with Gasteiger partial charge in [0.25, 0.3) is 0 Å².